The summed E-state index contributed by atoms with van der Waals surface area (Å²) in [5, 5.41) is 11.4. The molecule has 0 spiro atoms. The van der Waals surface area contributed by atoms with Crippen LogP contribution >= 0.6 is 0 Å². The van der Waals surface area contributed by atoms with Gasteiger partial charge in [0.1, 0.15) is 17.6 Å². The molecule has 2 aromatic rings. The Balaban J connectivity index is 1.84. The van der Waals surface area contributed by atoms with E-state index in [1.807, 2.05) is 51.9 Å². The Hall–Kier alpha value is -3.52. The highest BCUT2D eigenvalue weighted by Crippen LogP contribution is 2.42. The molecule has 0 radical (unpaired) electrons. The van der Waals surface area contributed by atoms with Crippen molar-refractivity contribution < 1.29 is 28.9 Å². The Morgan fingerprint density at radius 1 is 1.08 bits per heavy atom. The highest BCUT2D eigenvalue weighted by molar-refractivity contribution is 6.46. The zero-order chi connectivity index (χ0) is 26.0. The van der Waals surface area contributed by atoms with E-state index < -0.39 is 17.7 Å². The molecular formula is C28H34N2O6. The van der Waals surface area contributed by atoms with E-state index in [4.69, 9.17) is 14.2 Å². The summed E-state index contributed by atoms with van der Waals surface area (Å²) in [5.74, 6) is 0.358. The van der Waals surface area contributed by atoms with Gasteiger partial charge in [-0.1, -0.05) is 6.07 Å². The molecule has 2 aromatic carbocycles. The molecule has 2 heterocycles. The molecular weight excluding hydrogens is 460 g/mol. The first-order valence-corrected chi connectivity index (χ1v) is 12.4. The number of Topliss-reactive ketones (excluding diaryl/α,β-unsaturated/α-hetero) is 1. The summed E-state index contributed by atoms with van der Waals surface area (Å²) in [7, 11) is 3.81. The first kappa shape index (κ1) is 25.6. The number of carbonyl (C=O) groups excluding carboxylic acids is 2. The molecule has 1 saturated heterocycles. The van der Waals surface area contributed by atoms with Gasteiger partial charge in [-0.05, 0) is 76.3 Å². The first-order valence-electron chi connectivity index (χ1n) is 12.4. The van der Waals surface area contributed by atoms with Crippen molar-refractivity contribution in [1.82, 2.24) is 9.80 Å². The van der Waals surface area contributed by atoms with Crippen molar-refractivity contribution in [2.75, 3.05) is 40.4 Å². The van der Waals surface area contributed by atoms with Crippen LogP contribution in [-0.4, -0.2) is 73.1 Å². The maximum Gasteiger partial charge on any atom is 0.295 e. The van der Waals surface area contributed by atoms with Crippen LogP contribution in [0.15, 0.2) is 42.0 Å². The second kappa shape index (κ2) is 10.6. The third-order valence-electron chi connectivity index (χ3n) is 6.38. The predicted octanol–water partition coefficient (Wildman–Crippen LogP) is 3.79. The summed E-state index contributed by atoms with van der Waals surface area (Å²) in [4.78, 5) is 30.0. The molecule has 2 atom stereocenters. The maximum atomic E-state index is 13.3. The minimum Gasteiger partial charge on any atom is -0.507 e. The van der Waals surface area contributed by atoms with Crippen molar-refractivity contribution in [3.05, 3.63) is 58.7 Å². The smallest absolute Gasteiger partial charge is 0.295 e. The zero-order valence-electron chi connectivity index (χ0n) is 21.5. The number of amides is 1. The van der Waals surface area contributed by atoms with E-state index in [9.17, 15) is 14.7 Å². The lowest BCUT2D eigenvalue weighted by Gasteiger charge is -2.27. The molecule has 192 valence electrons. The van der Waals surface area contributed by atoms with Crippen molar-refractivity contribution in [3.63, 3.8) is 0 Å². The number of ketones is 1. The van der Waals surface area contributed by atoms with Gasteiger partial charge in [-0.25, -0.2) is 0 Å². The van der Waals surface area contributed by atoms with Crippen LogP contribution in [-0.2, 0) is 16.0 Å². The number of rotatable bonds is 9. The number of ether oxygens (including phenoxy) is 3. The van der Waals surface area contributed by atoms with Crippen LogP contribution in [0.2, 0.25) is 0 Å². The van der Waals surface area contributed by atoms with E-state index in [0.29, 0.717) is 55.4 Å². The molecule has 0 aromatic heterocycles. The number of carbonyl (C=O) groups is 2. The third-order valence-corrected chi connectivity index (χ3v) is 6.38. The van der Waals surface area contributed by atoms with Gasteiger partial charge in [0.2, 0.25) is 0 Å². The van der Waals surface area contributed by atoms with Crippen LogP contribution in [0.1, 0.15) is 43.5 Å². The number of likely N-dealkylation sites (N-methyl/N-ethyl adjacent to an activating group) is 1. The average molecular weight is 495 g/mol. The van der Waals surface area contributed by atoms with E-state index in [-0.39, 0.29) is 17.4 Å². The zero-order valence-corrected chi connectivity index (χ0v) is 21.5. The fourth-order valence-electron chi connectivity index (χ4n) is 4.73. The van der Waals surface area contributed by atoms with Crippen LogP contribution in [0, 0.1) is 0 Å². The van der Waals surface area contributed by atoms with Gasteiger partial charge >= 0.3 is 0 Å². The van der Waals surface area contributed by atoms with Crippen molar-refractivity contribution in [1.29, 1.82) is 0 Å². The van der Waals surface area contributed by atoms with Gasteiger partial charge in [-0.3, -0.25) is 9.59 Å². The Morgan fingerprint density at radius 2 is 1.81 bits per heavy atom. The highest BCUT2D eigenvalue weighted by Gasteiger charge is 2.46. The standard InChI is InChI=1S/C28H34N2O6/c1-6-34-22-11-8-18(16-23(22)35-7-2)25-24(27(32)28(33)30(25)13-12-29(4)5)26(31)19-9-10-21-20(15-19)14-17(3)36-21/h8-11,15-17,25,31H,6-7,12-14H2,1-5H3/t17-,25-/m1/s1. The van der Waals surface area contributed by atoms with Gasteiger partial charge in [-0.15, -0.1) is 0 Å². The van der Waals surface area contributed by atoms with Gasteiger partial charge in [0.05, 0.1) is 24.8 Å². The number of nitrogens with zero attached hydrogens (tertiary/aromatic N) is 2. The minimum absolute atomic E-state index is 0.0508. The second-order valence-corrected chi connectivity index (χ2v) is 9.32. The lowest BCUT2D eigenvalue weighted by atomic mass is 9.94. The normalized spacial score (nSPS) is 20.6. The van der Waals surface area contributed by atoms with Crippen LogP contribution < -0.4 is 14.2 Å². The predicted molar refractivity (Wildman–Crippen MR) is 137 cm³/mol. The molecule has 0 unspecified atom stereocenters. The molecule has 2 aliphatic heterocycles. The summed E-state index contributed by atoms with van der Waals surface area (Å²) in [6, 6.07) is 9.99. The Labute approximate surface area is 212 Å². The number of aliphatic hydroxyl groups is 1. The van der Waals surface area contributed by atoms with E-state index in [0.717, 1.165) is 11.3 Å². The number of benzene rings is 2. The molecule has 0 bridgehead atoms. The van der Waals surface area contributed by atoms with Crippen molar-refractivity contribution >= 4 is 17.4 Å². The van der Waals surface area contributed by atoms with E-state index in [1.165, 1.54) is 4.90 Å². The van der Waals surface area contributed by atoms with E-state index in [1.54, 1.807) is 24.3 Å². The van der Waals surface area contributed by atoms with Gasteiger partial charge < -0.3 is 29.1 Å². The molecule has 1 fully saturated rings. The van der Waals surface area contributed by atoms with E-state index >= 15 is 0 Å². The SMILES string of the molecule is CCOc1ccc([C@@H]2C(=C(O)c3ccc4c(c3)C[C@@H](C)O4)C(=O)C(=O)N2CCN(C)C)cc1OCC. The number of fused-ring (bicyclic) bond motifs is 1. The van der Waals surface area contributed by atoms with Crippen LogP contribution in [0.4, 0.5) is 0 Å². The molecule has 36 heavy (non-hydrogen) atoms. The van der Waals surface area contributed by atoms with Crippen LogP contribution in [0.3, 0.4) is 0 Å². The van der Waals surface area contributed by atoms with Gasteiger partial charge in [-0.2, -0.15) is 0 Å². The number of hydrogen-bond acceptors (Lipinski definition) is 7. The Bertz CT molecular complexity index is 1190. The fourth-order valence-corrected chi connectivity index (χ4v) is 4.73. The van der Waals surface area contributed by atoms with Gasteiger partial charge in [0, 0.05) is 25.1 Å². The number of likely N-dealkylation sites (tertiary alicyclic amines) is 1. The van der Waals surface area contributed by atoms with Crippen molar-refractivity contribution in [3.8, 4) is 17.2 Å². The maximum absolute atomic E-state index is 13.3. The minimum atomic E-state index is -0.761. The fraction of sp³-hybridized carbons (Fsp3) is 0.429. The molecule has 0 aliphatic carbocycles. The first-order chi connectivity index (χ1) is 17.2. The summed E-state index contributed by atoms with van der Waals surface area (Å²) in [6.07, 6.45) is 0.767. The summed E-state index contributed by atoms with van der Waals surface area (Å²) in [6.45, 7) is 7.55. The van der Waals surface area contributed by atoms with Crippen molar-refractivity contribution in [2.24, 2.45) is 0 Å². The Morgan fingerprint density at radius 3 is 2.50 bits per heavy atom. The highest BCUT2D eigenvalue weighted by atomic mass is 16.5. The van der Waals surface area contributed by atoms with Crippen LogP contribution in [0.25, 0.3) is 5.76 Å². The van der Waals surface area contributed by atoms with Crippen LogP contribution in [0.5, 0.6) is 17.2 Å². The number of aliphatic hydroxyl groups excluding tert-OH is 1. The summed E-state index contributed by atoms with van der Waals surface area (Å²) >= 11 is 0. The topological polar surface area (TPSA) is 88.5 Å². The lowest BCUT2D eigenvalue weighted by Crippen LogP contribution is -2.35. The van der Waals surface area contributed by atoms with Gasteiger partial charge in [0.15, 0.2) is 11.5 Å². The molecule has 1 amide bonds. The summed E-state index contributed by atoms with van der Waals surface area (Å²) < 4.78 is 17.3. The molecule has 1 N–H and O–H groups in total. The average Bonchev–Trinajstić information content (AvgIpc) is 3.34. The molecule has 8 heteroatoms. The molecule has 2 aliphatic rings. The quantitative estimate of drug-likeness (QED) is 0.322. The molecule has 8 nitrogen and oxygen atoms in total. The monoisotopic (exact) mass is 494 g/mol. The lowest BCUT2D eigenvalue weighted by molar-refractivity contribution is -0.140. The third kappa shape index (κ3) is 4.91. The molecule has 4 rings (SSSR count). The van der Waals surface area contributed by atoms with Gasteiger partial charge in [0.25, 0.3) is 11.7 Å². The molecule has 0 saturated carbocycles. The Kier molecular flexibility index (Phi) is 7.54. The number of hydrogen-bond donors (Lipinski definition) is 1. The summed E-state index contributed by atoms with van der Waals surface area (Å²) in [5.41, 5.74) is 2.18. The second-order valence-electron chi connectivity index (χ2n) is 9.32. The largest absolute Gasteiger partial charge is 0.507 e. The van der Waals surface area contributed by atoms with Crippen molar-refractivity contribution in [2.45, 2.75) is 39.3 Å². The van der Waals surface area contributed by atoms with E-state index in [2.05, 4.69) is 0 Å².